The van der Waals surface area contributed by atoms with E-state index in [2.05, 4.69) is 10.5 Å². The summed E-state index contributed by atoms with van der Waals surface area (Å²) in [4.78, 5) is 11.3. The lowest BCUT2D eigenvalue weighted by molar-refractivity contribution is 0.408. The highest BCUT2D eigenvalue weighted by Crippen LogP contribution is 1.92. The first kappa shape index (κ1) is 10.6. The normalized spacial score (nSPS) is 10.5. The molecule has 0 bridgehead atoms. The minimum atomic E-state index is 0.0192. The van der Waals surface area contributed by atoms with Gasteiger partial charge in [0.15, 0.2) is 0 Å². The molecule has 84 valence electrons. The summed E-state index contributed by atoms with van der Waals surface area (Å²) in [6.07, 6.45) is 3.32. The largest absolute Gasteiger partial charge is 0.364 e. The van der Waals surface area contributed by atoms with Gasteiger partial charge in [0.25, 0.3) is 5.56 Å². The Morgan fingerprint density at radius 3 is 3.06 bits per heavy atom. The summed E-state index contributed by atoms with van der Waals surface area (Å²) in [5.41, 5.74) is 0.881. The number of nitrogens with zero attached hydrogens (tertiary/aromatic N) is 2. The minimum Gasteiger partial charge on any atom is -0.364 e. The van der Waals surface area contributed by atoms with Crippen LogP contribution in [0.2, 0.25) is 0 Å². The van der Waals surface area contributed by atoms with Crippen molar-refractivity contribution in [2.45, 2.75) is 13.1 Å². The highest BCUT2D eigenvalue weighted by Gasteiger charge is 1.96. The van der Waals surface area contributed by atoms with Crippen molar-refractivity contribution in [1.29, 1.82) is 0 Å². The number of pyridine rings is 1. The van der Waals surface area contributed by atoms with E-state index in [9.17, 15) is 4.79 Å². The van der Waals surface area contributed by atoms with Crippen LogP contribution in [0, 0.1) is 0 Å². The second-order valence-corrected chi connectivity index (χ2v) is 3.40. The molecule has 0 aliphatic rings. The van der Waals surface area contributed by atoms with Crippen molar-refractivity contribution in [3.05, 3.63) is 52.8 Å². The van der Waals surface area contributed by atoms with Crippen LogP contribution in [0.1, 0.15) is 5.69 Å². The zero-order chi connectivity index (χ0) is 11.2. The molecule has 2 rings (SSSR count). The van der Waals surface area contributed by atoms with Crippen molar-refractivity contribution in [3.63, 3.8) is 0 Å². The van der Waals surface area contributed by atoms with Gasteiger partial charge in [-0.1, -0.05) is 11.2 Å². The Kier molecular flexibility index (Phi) is 3.50. The average molecular weight is 219 g/mol. The Labute approximate surface area is 92.7 Å². The molecule has 0 unspecified atom stereocenters. The number of hydrogen-bond acceptors (Lipinski definition) is 4. The predicted molar refractivity (Wildman–Crippen MR) is 58.9 cm³/mol. The van der Waals surface area contributed by atoms with Gasteiger partial charge in [0.2, 0.25) is 0 Å². The van der Waals surface area contributed by atoms with Crippen LogP contribution in [-0.4, -0.2) is 16.3 Å². The Balaban J connectivity index is 1.76. The summed E-state index contributed by atoms with van der Waals surface area (Å²) >= 11 is 0. The van der Waals surface area contributed by atoms with Gasteiger partial charge in [-0.2, -0.15) is 0 Å². The Morgan fingerprint density at radius 2 is 2.31 bits per heavy atom. The minimum absolute atomic E-state index is 0.0192. The molecule has 0 aromatic carbocycles. The summed E-state index contributed by atoms with van der Waals surface area (Å²) in [6, 6.07) is 6.94. The van der Waals surface area contributed by atoms with Gasteiger partial charge in [0.05, 0.1) is 5.69 Å². The fraction of sp³-hybridized carbons (Fsp3) is 0.273. The molecule has 0 saturated heterocycles. The second kappa shape index (κ2) is 5.27. The predicted octanol–water partition coefficient (Wildman–Crippen LogP) is 0.626. The van der Waals surface area contributed by atoms with Gasteiger partial charge in [-0.25, -0.2) is 0 Å². The van der Waals surface area contributed by atoms with Crippen molar-refractivity contribution in [3.8, 4) is 0 Å². The summed E-state index contributed by atoms with van der Waals surface area (Å²) < 4.78 is 6.37. The summed E-state index contributed by atoms with van der Waals surface area (Å²) in [7, 11) is 0. The van der Waals surface area contributed by atoms with Crippen LogP contribution in [0.15, 0.2) is 46.0 Å². The molecule has 0 radical (unpaired) electrons. The first-order valence-electron chi connectivity index (χ1n) is 5.12. The second-order valence-electron chi connectivity index (χ2n) is 3.40. The SMILES string of the molecule is O=c1ccccn1CCNCc1ccon1. The van der Waals surface area contributed by atoms with Gasteiger partial charge >= 0.3 is 0 Å². The molecule has 5 heteroatoms. The van der Waals surface area contributed by atoms with E-state index in [-0.39, 0.29) is 5.56 Å². The standard InChI is InChI=1S/C11H13N3O2/c15-11-3-1-2-6-14(11)7-5-12-9-10-4-8-16-13-10/h1-4,6,8,12H,5,7,9H2. The first-order valence-corrected chi connectivity index (χ1v) is 5.12. The lowest BCUT2D eigenvalue weighted by Gasteiger charge is -2.05. The number of rotatable bonds is 5. The molecule has 5 nitrogen and oxygen atoms in total. The fourth-order valence-electron chi connectivity index (χ4n) is 1.39. The van der Waals surface area contributed by atoms with E-state index in [4.69, 9.17) is 4.52 Å². The summed E-state index contributed by atoms with van der Waals surface area (Å²) in [6.45, 7) is 2.02. The third-order valence-corrected chi connectivity index (χ3v) is 2.23. The number of hydrogen-bond donors (Lipinski definition) is 1. The van der Waals surface area contributed by atoms with Gasteiger partial charge < -0.3 is 14.4 Å². The van der Waals surface area contributed by atoms with Crippen molar-refractivity contribution in [2.75, 3.05) is 6.54 Å². The molecule has 0 atom stereocenters. The van der Waals surface area contributed by atoms with E-state index in [1.54, 1.807) is 29.2 Å². The monoisotopic (exact) mass is 219 g/mol. The van der Waals surface area contributed by atoms with Crippen LogP contribution in [-0.2, 0) is 13.1 Å². The highest BCUT2D eigenvalue weighted by molar-refractivity contribution is 4.95. The number of nitrogens with one attached hydrogen (secondary N) is 1. The maximum absolute atomic E-state index is 11.3. The highest BCUT2D eigenvalue weighted by atomic mass is 16.5. The molecule has 1 N–H and O–H groups in total. The van der Waals surface area contributed by atoms with Crippen LogP contribution >= 0.6 is 0 Å². The molecule has 0 aliphatic carbocycles. The molecule has 0 aliphatic heterocycles. The van der Waals surface area contributed by atoms with Gasteiger partial charge in [0.1, 0.15) is 6.26 Å². The Morgan fingerprint density at radius 1 is 1.38 bits per heavy atom. The van der Waals surface area contributed by atoms with Crippen LogP contribution < -0.4 is 10.9 Å². The molecular formula is C11H13N3O2. The van der Waals surface area contributed by atoms with Crippen LogP contribution in [0.5, 0.6) is 0 Å². The topological polar surface area (TPSA) is 60.1 Å². The average Bonchev–Trinajstić information content (AvgIpc) is 2.79. The van der Waals surface area contributed by atoms with Crippen LogP contribution in [0.25, 0.3) is 0 Å². The molecule has 0 saturated carbocycles. The lowest BCUT2D eigenvalue weighted by Crippen LogP contribution is -2.25. The van der Waals surface area contributed by atoms with Crippen LogP contribution in [0.4, 0.5) is 0 Å². The molecule has 2 aromatic heterocycles. The van der Waals surface area contributed by atoms with Gasteiger partial charge in [-0.05, 0) is 6.07 Å². The summed E-state index contributed by atoms with van der Waals surface area (Å²) in [5, 5.41) is 6.95. The maximum Gasteiger partial charge on any atom is 0.250 e. The third kappa shape index (κ3) is 2.80. The lowest BCUT2D eigenvalue weighted by atomic mass is 10.4. The quantitative estimate of drug-likeness (QED) is 0.749. The van der Waals surface area contributed by atoms with Crippen molar-refractivity contribution >= 4 is 0 Å². The van der Waals surface area contributed by atoms with E-state index < -0.39 is 0 Å². The number of aromatic nitrogens is 2. The molecule has 0 amide bonds. The van der Waals surface area contributed by atoms with Crippen molar-refractivity contribution in [2.24, 2.45) is 0 Å². The molecule has 2 aromatic rings. The molecule has 16 heavy (non-hydrogen) atoms. The van der Waals surface area contributed by atoms with Crippen molar-refractivity contribution in [1.82, 2.24) is 15.0 Å². The van der Waals surface area contributed by atoms with Gasteiger partial charge in [-0.3, -0.25) is 4.79 Å². The van der Waals surface area contributed by atoms with Crippen LogP contribution in [0.3, 0.4) is 0 Å². The maximum atomic E-state index is 11.3. The molecule has 0 spiro atoms. The smallest absolute Gasteiger partial charge is 0.250 e. The zero-order valence-electron chi connectivity index (χ0n) is 8.80. The zero-order valence-corrected chi connectivity index (χ0v) is 8.80. The molecular weight excluding hydrogens is 206 g/mol. The van der Waals surface area contributed by atoms with Crippen molar-refractivity contribution < 1.29 is 4.52 Å². The molecule has 0 fully saturated rings. The Hall–Kier alpha value is -1.88. The van der Waals surface area contributed by atoms with E-state index in [0.717, 1.165) is 12.2 Å². The van der Waals surface area contributed by atoms with E-state index in [1.165, 1.54) is 0 Å². The van der Waals surface area contributed by atoms with Gasteiger partial charge in [0, 0.05) is 38.0 Å². The molecule has 2 heterocycles. The van der Waals surface area contributed by atoms with E-state index >= 15 is 0 Å². The van der Waals surface area contributed by atoms with E-state index in [0.29, 0.717) is 13.1 Å². The first-order chi connectivity index (χ1) is 7.86. The van der Waals surface area contributed by atoms with E-state index in [1.807, 2.05) is 12.1 Å². The third-order valence-electron chi connectivity index (χ3n) is 2.23. The summed E-state index contributed by atoms with van der Waals surface area (Å²) in [5.74, 6) is 0. The Bertz CT molecular complexity index is 476. The fourth-order valence-corrected chi connectivity index (χ4v) is 1.39. The van der Waals surface area contributed by atoms with Gasteiger partial charge in [-0.15, -0.1) is 0 Å².